The second-order valence-electron chi connectivity index (χ2n) is 6.54. The number of nitrogens with one attached hydrogen (secondary N) is 1. The summed E-state index contributed by atoms with van der Waals surface area (Å²) in [5, 5.41) is 3.64. The molecular weight excluding hydrogens is 260 g/mol. The van der Waals surface area contributed by atoms with Crippen LogP contribution in [-0.2, 0) is 4.74 Å². The molecule has 0 aliphatic carbocycles. The topological polar surface area (TPSA) is 24.5 Å². The summed E-state index contributed by atoms with van der Waals surface area (Å²) >= 11 is 0. The zero-order valence-corrected chi connectivity index (χ0v) is 13.6. The maximum Gasteiger partial charge on any atom is 0.0897 e. The zero-order valence-electron chi connectivity index (χ0n) is 13.6. The largest absolute Gasteiger partial charge is 0.373 e. The van der Waals surface area contributed by atoms with Crippen molar-refractivity contribution >= 4 is 0 Å². The number of rotatable bonds is 4. The number of ether oxygens (including phenoxy) is 1. The van der Waals surface area contributed by atoms with Crippen molar-refractivity contribution in [3.05, 3.63) is 34.9 Å². The van der Waals surface area contributed by atoms with Gasteiger partial charge in [-0.3, -0.25) is 4.90 Å². The van der Waals surface area contributed by atoms with E-state index in [4.69, 9.17) is 4.74 Å². The minimum atomic E-state index is 0.265. The fraction of sp³-hybridized carbons (Fsp3) is 0.667. The van der Waals surface area contributed by atoms with Crippen LogP contribution in [0.1, 0.15) is 42.5 Å². The van der Waals surface area contributed by atoms with Crippen molar-refractivity contribution in [3.8, 4) is 0 Å². The minimum Gasteiger partial charge on any atom is -0.373 e. The van der Waals surface area contributed by atoms with Gasteiger partial charge in [-0.1, -0.05) is 25.1 Å². The fourth-order valence-electron chi connectivity index (χ4n) is 3.69. The molecule has 2 saturated heterocycles. The van der Waals surface area contributed by atoms with Crippen LogP contribution >= 0.6 is 0 Å². The Morgan fingerprint density at radius 1 is 1.33 bits per heavy atom. The second kappa shape index (κ2) is 6.47. The number of likely N-dealkylation sites (N-methyl/N-ethyl adjacent to an activating group) is 1. The van der Waals surface area contributed by atoms with Gasteiger partial charge in [0, 0.05) is 12.6 Å². The van der Waals surface area contributed by atoms with Crippen molar-refractivity contribution in [2.75, 3.05) is 26.2 Å². The quantitative estimate of drug-likeness (QED) is 0.922. The Bertz CT molecular complexity index is 488. The number of aryl methyl sites for hydroxylation is 2. The van der Waals surface area contributed by atoms with Crippen LogP contribution in [0.15, 0.2) is 18.2 Å². The van der Waals surface area contributed by atoms with Crippen molar-refractivity contribution in [1.82, 2.24) is 10.2 Å². The lowest BCUT2D eigenvalue weighted by Crippen LogP contribution is -2.50. The number of fused-ring (bicyclic) bond motifs is 1. The van der Waals surface area contributed by atoms with Gasteiger partial charge in [0.1, 0.15) is 0 Å². The van der Waals surface area contributed by atoms with Gasteiger partial charge in [0.05, 0.1) is 18.8 Å². The molecule has 0 amide bonds. The van der Waals surface area contributed by atoms with Crippen LogP contribution in [0.25, 0.3) is 0 Å². The molecule has 0 aromatic heterocycles. The Kier molecular flexibility index (Phi) is 4.63. The van der Waals surface area contributed by atoms with E-state index in [1.165, 1.54) is 36.1 Å². The van der Waals surface area contributed by atoms with E-state index in [2.05, 4.69) is 49.2 Å². The van der Waals surface area contributed by atoms with Gasteiger partial charge in [0.25, 0.3) is 0 Å². The standard InChI is InChI=1S/C18H28N2O/c1-4-19-18(15-8-7-13(2)14(3)10-15)17-11-20-9-5-6-16(20)12-21-17/h7-8,10,16-19H,4-6,9,11-12H2,1-3H3. The molecule has 3 heteroatoms. The molecule has 3 rings (SSSR count). The maximum absolute atomic E-state index is 6.23. The first-order valence-corrected chi connectivity index (χ1v) is 8.35. The summed E-state index contributed by atoms with van der Waals surface area (Å²) in [6.07, 6.45) is 2.90. The molecule has 2 fully saturated rings. The molecule has 3 nitrogen and oxygen atoms in total. The minimum absolute atomic E-state index is 0.265. The molecule has 0 saturated carbocycles. The monoisotopic (exact) mass is 288 g/mol. The molecule has 0 bridgehead atoms. The van der Waals surface area contributed by atoms with Gasteiger partial charge < -0.3 is 10.1 Å². The van der Waals surface area contributed by atoms with E-state index in [9.17, 15) is 0 Å². The number of hydrogen-bond acceptors (Lipinski definition) is 3. The Hall–Kier alpha value is -0.900. The molecule has 3 unspecified atom stereocenters. The van der Waals surface area contributed by atoms with Crippen molar-refractivity contribution in [2.24, 2.45) is 0 Å². The Labute approximate surface area is 128 Å². The molecular formula is C18H28N2O. The number of nitrogens with zero attached hydrogens (tertiary/aromatic N) is 1. The molecule has 1 aromatic carbocycles. The van der Waals surface area contributed by atoms with Crippen molar-refractivity contribution < 1.29 is 4.74 Å². The molecule has 3 atom stereocenters. The van der Waals surface area contributed by atoms with E-state index < -0.39 is 0 Å². The number of morpholine rings is 1. The van der Waals surface area contributed by atoms with Gasteiger partial charge in [-0.05, 0) is 56.5 Å². The molecule has 2 heterocycles. The first kappa shape index (κ1) is 15.0. The SMILES string of the molecule is CCNC(c1ccc(C)c(C)c1)C1CN2CCCC2CO1. The third-order valence-corrected chi connectivity index (χ3v) is 5.10. The van der Waals surface area contributed by atoms with Crippen LogP contribution in [-0.4, -0.2) is 43.3 Å². The first-order chi connectivity index (χ1) is 10.2. The molecule has 1 N–H and O–H groups in total. The summed E-state index contributed by atoms with van der Waals surface area (Å²) in [6, 6.07) is 7.78. The van der Waals surface area contributed by atoms with Gasteiger partial charge in [-0.25, -0.2) is 0 Å². The van der Waals surface area contributed by atoms with Crippen LogP contribution in [0.3, 0.4) is 0 Å². The third-order valence-electron chi connectivity index (χ3n) is 5.10. The van der Waals surface area contributed by atoms with E-state index in [0.29, 0.717) is 12.1 Å². The average Bonchev–Trinajstić information content (AvgIpc) is 2.95. The van der Waals surface area contributed by atoms with Gasteiger partial charge in [-0.2, -0.15) is 0 Å². The summed E-state index contributed by atoms with van der Waals surface area (Å²) in [5.74, 6) is 0. The first-order valence-electron chi connectivity index (χ1n) is 8.35. The Morgan fingerprint density at radius 3 is 2.95 bits per heavy atom. The third kappa shape index (κ3) is 3.15. The highest BCUT2D eigenvalue weighted by Gasteiger charge is 2.36. The van der Waals surface area contributed by atoms with Crippen LogP contribution in [0.5, 0.6) is 0 Å². The van der Waals surface area contributed by atoms with E-state index in [0.717, 1.165) is 19.7 Å². The highest BCUT2D eigenvalue weighted by Crippen LogP contribution is 2.29. The predicted octanol–water partition coefficient (Wildman–Crippen LogP) is 2.82. The van der Waals surface area contributed by atoms with Crippen molar-refractivity contribution in [3.63, 3.8) is 0 Å². The lowest BCUT2D eigenvalue weighted by Gasteiger charge is -2.39. The molecule has 0 spiro atoms. The molecule has 2 aliphatic heterocycles. The van der Waals surface area contributed by atoms with Crippen LogP contribution < -0.4 is 5.32 Å². The summed E-state index contributed by atoms with van der Waals surface area (Å²) in [5.41, 5.74) is 4.09. The summed E-state index contributed by atoms with van der Waals surface area (Å²) in [7, 11) is 0. The smallest absolute Gasteiger partial charge is 0.0897 e. The normalized spacial score (nSPS) is 27.6. The average molecular weight is 288 g/mol. The Balaban J connectivity index is 1.78. The van der Waals surface area contributed by atoms with E-state index >= 15 is 0 Å². The molecule has 0 radical (unpaired) electrons. The van der Waals surface area contributed by atoms with Gasteiger partial charge in [0.2, 0.25) is 0 Å². The van der Waals surface area contributed by atoms with Crippen LogP contribution in [0.2, 0.25) is 0 Å². The molecule has 2 aliphatic rings. The van der Waals surface area contributed by atoms with E-state index in [-0.39, 0.29) is 6.10 Å². The second-order valence-corrected chi connectivity index (χ2v) is 6.54. The van der Waals surface area contributed by atoms with Gasteiger partial charge >= 0.3 is 0 Å². The highest BCUT2D eigenvalue weighted by atomic mass is 16.5. The van der Waals surface area contributed by atoms with Crippen molar-refractivity contribution in [1.29, 1.82) is 0 Å². The Morgan fingerprint density at radius 2 is 2.19 bits per heavy atom. The van der Waals surface area contributed by atoms with Gasteiger partial charge in [-0.15, -0.1) is 0 Å². The van der Waals surface area contributed by atoms with Gasteiger partial charge in [0.15, 0.2) is 0 Å². The van der Waals surface area contributed by atoms with E-state index in [1.807, 2.05) is 0 Å². The number of hydrogen-bond donors (Lipinski definition) is 1. The lowest BCUT2D eigenvalue weighted by molar-refractivity contribution is -0.0650. The maximum atomic E-state index is 6.23. The fourth-order valence-corrected chi connectivity index (χ4v) is 3.69. The van der Waals surface area contributed by atoms with Crippen LogP contribution in [0.4, 0.5) is 0 Å². The summed E-state index contributed by atoms with van der Waals surface area (Å²) in [6.45, 7) is 10.7. The molecule has 116 valence electrons. The number of benzene rings is 1. The van der Waals surface area contributed by atoms with E-state index in [1.54, 1.807) is 0 Å². The summed E-state index contributed by atoms with van der Waals surface area (Å²) in [4.78, 5) is 2.62. The molecule has 1 aromatic rings. The zero-order chi connectivity index (χ0) is 14.8. The predicted molar refractivity (Wildman–Crippen MR) is 86.7 cm³/mol. The van der Waals surface area contributed by atoms with Crippen LogP contribution in [0, 0.1) is 13.8 Å². The molecule has 21 heavy (non-hydrogen) atoms. The summed E-state index contributed by atoms with van der Waals surface area (Å²) < 4.78 is 6.23. The highest BCUT2D eigenvalue weighted by molar-refractivity contribution is 5.32. The lowest BCUT2D eigenvalue weighted by atomic mass is 9.96. The van der Waals surface area contributed by atoms with Crippen molar-refractivity contribution in [2.45, 2.75) is 51.8 Å².